The van der Waals surface area contributed by atoms with Crippen molar-refractivity contribution in [3.8, 4) is 17.1 Å². The fraction of sp³-hybridized carbons (Fsp3) is 0.185. The van der Waals surface area contributed by atoms with Crippen LogP contribution >= 0.6 is 11.6 Å². The molecule has 8 nitrogen and oxygen atoms in total. The van der Waals surface area contributed by atoms with Crippen molar-refractivity contribution in [3.05, 3.63) is 100 Å². The number of nitrogens with one attached hydrogen (secondary N) is 2. The highest BCUT2D eigenvalue weighted by atomic mass is 35.5. The van der Waals surface area contributed by atoms with E-state index in [9.17, 15) is 13.5 Å². The summed E-state index contributed by atoms with van der Waals surface area (Å²) in [5.41, 5.74) is 4.45. The quantitative estimate of drug-likeness (QED) is 0.333. The average molecular weight is 537 g/mol. The summed E-state index contributed by atoms with van der Waals surface area (Å²) in [6.45, 7) is 4.11. The number of benzene rings is 3. The SMILES string of the molecule is Cc1cccc(C)c1-c1cc2nc(n1)NS(=O)(=O)c1cccc(c1)C(O)NCC(c1cccc(Cl)c1)O2. The molecule has 5 rings (SSSR count). The Balaban J connectivity index is 1.69. The highest BCUT2D eigenvalue weighted by molar-refractivity contribution is 7.92. The van der Waals surface area contributed by atoms with Crippen LogP contribution in [0, 0.1) is 13.8 Å². The lowest BCUT2D eigenvalue weighted by Crippen LogP contribution is -2.29. The van der Waals surface area contributed by atoms with Crippen molar-refractivity contribution in [2.45, 2.75) is 31.1 Å². The van der Waals surface area contributed by atoms with Gasteiger partial charge in [-0.15, -0.1) is 0 Å². The van der Waals surface area contributed by atoms with Gasteiger partial charge in [0.15, 0.2) is 0 Å². The first-order valence-corrected chi connectivity index (χ1v) is 13.5. The Hall–Kier alpha value is -3.50. The highest BCUT2D eigenvalue weighted by Gasteiger charge is 2.24. The molecule has 0 saturated carbocycles. The highest BCUT2D eigenvalue weighted by Crippen LogP contribution is 2.32. The number of aromatic nitrogens is 2. The van der Waals surface area contributed by atoms with Crippen molar-refractivity contribution in [1.29, 1.82) is 0 Å². The van der Waals surface area contributed by atoms with Crippen LogP contribution in [0.25, 0.3) is 11.3 Å². The second-order valence-corrected chi connectivity index (χ2v) is 11.0. The zero-order chi connectivity index (χ0) is 26.2. The largest absolute Gasteiger partial charge is 0.468 e. The molecule has 0 fully saturated rings. The predicted molar refractivity (Wildman–Crippen MR) is 142 cm³/mol. The minimum atomic E-state index is -4.06. The normalized spacial score (nSPS) is 18.9. The molecule has 1 aliphatic heterocycles. The molecule has 1 aliphatic rings. The molecule has 0 aliphatic carbocycles. The molecule has 0 amide bonds. The Kier molecular flexibility index (Phi) is 6.87. The first-order chi connectivity index (χ1) is 17.7. The summed E-state index contributed by atoms with van der Waals surface area (Å²) in [6, 6.07) is 20.8. The zero-order valence-electron chi connectivity index (χ0n) is 20.1. The summed E-state index contributed by atoms with van der Waals surface area (Å²) in [5.74, 6) is 0.0377. The summed E-state index contributed by atoms with van der Waals surface area (Å²) >= 11 is 6.25. The van der Waals surface area contributed by atoms with E-state index in [0.29, 0.717) is 16.3 Å². The Morgan fingerprint density at radius 2 is 1.65 bits per heavy atom. The van der Waals surface area contributed by atoms with Gasteiger partial charge in [0.05, 0.1) is 10.6 Å². The molecular formula is C27H25ClN4O4S. The van der Waals surface area contributed by atoms with Crippen molar-refractivity contribution in [2.24, 2.45) is 0 Å². The van der Waals surface area contributed by atoms with Crippen LogP contribution in [0.1, 0.15) is 34.6 Å². The Bertz CT molecular complexity index is 1560. The number of ether oxygens (including phenoxy) is 1. The number of aliphatic hydroxyl groups is 1. The second-order valence-electron chi connectivity index (χ2n) is 8.83. The minimum absolute atomic E-state index is 0.0277. The van der Waals surface area contributed by atoms with Gasteiger partial charge < -0.3 is 9.84 Å². The molecule has 2 heterocycles. The third-order valence-electron chi connectivity index (χ3n) is 6.13. The van der Waals surface area contributed by atoms with E-state index in [0.717, 1.165) is 22.3 Å². The molecule has 1 aromatic heterocycles. The predicted octanol–water partition coefficient (Wildman–Crippen LogP) is 4.93. The molecule has 0 radical (unpaired) electrons. The lowest BCUT2D eigenvalue weighted by molar-refractivity contribution is 0.109. The van der Waals surface area contributed by atoms with Crippen LogP contribution in [-0.4, -0.2) is 30.0 Å². The molecule has 0 saturated heterocycles. The van der Waals surface area contributed by atoms with Crippen LogP contribution in [0.15, 0.2) is 77.7 Å². The molecule has 37 heavy (non-hydrogen) atoms. The van der Waals surface area contributed by atoms with Crippen molar-refractivity contribution < 1.29 is 18.3 Å². The van der Waals surface area contributed by atoms with E-state index >= 15 is 0 Å². The fourth-order valence-electron chi connectivity index (χ4n) is 4.33. The van der Waals surface area contributed by atoms with Crippen molar-refractivity contribution in [1.82, 2.24) is 15.3 Å². The number of anilines is 1. The molecule has 3 N–H and O–H groups in total. The van der Waals surface area contributed by atoms with Crippen LogP contribution in [0.3, 0.4) is 0 Å². The Morgan fingerprint density at radius 1 is 0.946 bits per heavy atom. The average Bonchev–Trinajstić information content (AvgIpc) is 2.86. The molecule has 10 heteroatoms. The van der Waals surface area contributed by atoms with E-state index in [1.807, 2.05) is 44.2 Å². The van der Waals surface area contributed by atoms with E-state index in [-0.39, 0.29) is 23.3 Å². The number of halogens is 1. The number of nitrogens with zero attached hydrogens (tertiary/aromatic N) is 2. The van der Waals surface area contributed by atoms with Crippen molar-refractivity contribution in [3.63, 3.8) is 0 Å². The van der Waals surface area contributed by atoms with Gasteiger partial charge in [0.2, 0.25) is 11.8 Å². The molecule has 4 aromatic rings. The Labute approximate surface area is 220 Å². The summed E-state index contributed by atoms with van der Waals surface area (Å²) < 4.78 is 35.3. The van der Waals surface area contributed by atoms with Crippen LogP contribution in [0.5, 0.6) is 5.88 Å². The van der Waals surface area contributed by atoms with Gasteiger partial charge in [0, 0.05) is 23.2 Å². The molecule has 2 unspecified atom stereocenters. The van der Waals surface area contributed by atoms with Crippen LogP contribution in [-0.2, 0) is 10.0 Å². The lowest BCUT2D eigenvalue weighted by Gasteiger charge is -2.22. The second kappa shape index (κ2) is 10.1. The monoisotopic (exact) mass is 536 g/mol. The van der Waals surface area contributed by atoms with E-state index in [1.54, 1.807) is 30.3 Å². The molecule has 0 spiro atoms. The number of hydrogen-bond donors (Lipinski definition) is 3. The van der Waals surface area contributed by atoms with Gasteiger partial charge in [0.25, 0.3) is 10.0 Å². The number of sulfonamides is 1. The molecule has 190 valence electrons. The maximum atomic E-state index is 13.2. The van der Waals surface area contributed by atoms with Crippen LogP contribution in [0.2, 0.25) is 5.02 Å². The first kappa shape index (κ1) is 25.2. The first-order valence-electron chi connectivity index (χ1n) is 11.6. The summed E-state index contributed by atoms with van der Waals surface area (Å²) in [4.78, 5) is 8.90. The third kappa shape index (κ3) is 5.45. The molecular weight excluding hydrogens is 512 g/mol. The van der Waals surface area contributed by atoms with Gasteiger partial charge in [-0.1, -0.05) is 54.1 Å². The maximum absolute atomic E-state index is 13.2. The fourth-order valence-corrected chi connectivity index (χ4v) is 5.52. The van der Waals surface area contributed by atoms with Gasteiger partial charge in [-0.25, -0.2) is 18.1 Å². The minimum Gasteiger partial charge on any atom is -0.468 e. The summed E-state index contributed by atoms with van der Waals surface area (Å²) in [7, 11) is -4.06. The number of hydrogen-bond acceptors (Lipinski definition) is 7. The van der Waals surface area contributed by atoms with Crippen molar-refractivity contribution in [2.75, 3.05) is 11.3 Å². The smallest absolute Gasteiger partial charge is 0.264 e. The van der Waals surface area contributed by atoms with Gasteiger partial charge in [-0.2, -0.15) is 4.98 Å². The number of aliphatic hydroxyl groups excluding tert-OH is 1. The number of aryl methyl sites for hydroxylation is 2. The molecule has 2 atom stereocenters. The Morgan fingerprint density at radius 3 is 2.41 bits per heavy atom. The van der Waals surface area contributed by atoms with Gasteiger partial charge in [0.1, 0.15) is 12.3 Å². The maximum Gasteiger partial charge on any atom is 0.264 e. The zero-order valence-corrected chi connectivity index (χ0v) is 21.7. The van der Waals surface area contributed by atoms with Crippen molar-refractivity contribution >= 4 is 27.6 Å². The van der Waals surface area contributed by atoms with E-state index in [2.05, 4.69) is 20.0 Å². The van der Waals surface area contributed by atoms with Gasteiger partial charge in [-0.05, 0) is 60.4 Å². The van der Waals surface area contributed by atoms with E-state index in [4.69, 9.17) is 16.3 Å². The van der Waals surface area contributed by atoms with Crippen LogP contribution < -0.4 is 14.8 Å². The standard InChI is InChI=1S/C27H25ClN4O4S/c1-16-6-3-7-17(2)25(16)22-14-24-31-27(30-22)32-37(34,35)21-11-5-9-19(13-21)26(33)29-15-23(36-24)18-8-4-10-20(28)12-18/h3-14,23,26,29,33H,15H2,1-2H3,(H,30,31,32). The topological polar surface area (TPSA) is 113 Å². The molecule has 3 aromatic carbocycles. The summed E-state index contributed by atoms with van der Waals surface area (Å²) in [6.07, 6.45) is -1.75. The molecule has 4 bridgehead atoms. The number of fused-ring (bicyclic) bond motifs is 4. The van der Waals surface area contributed by atoms with Gasteiger partial charge in [-0.3, -0.25) is 5.32 Å². The lowest BCUT2D eigenvalue weighted by atomic mass is 10.00. The van der Waals surface area contributed by atoms with Gasteiger partial charge >= 0.3 is 0 Å². The third-order valence-corrected chi connectivity index (χ3v) is 7.69. The summed E-state index contributed by atoms with van der Waals surface area (Å²) in [5, 5.41) is 14.3. The number of rotatable bonds is 2. The van der Waals surface area contributed by atoms with E-state index in [1.165, 1.54) is 12.1 Å². The van der Waals surface area contributed by atoms with Crippen LogP contribution in [0.4, 0.5) is 5.95 Å². The van der Waals surface area contributed by atoms with E-state index < -0.39 is 22.4 Å².